The largest absolute Gasteiger partial charge is 0.341 e. The third-order valence-electron chi connectivity index (χ3n) is 6.53. The highest BCUT2D eigenvalue weighted by molar-refractivity contribution is 5.40. The van der Waals surface area contributed by atoms with Crippen LogP contribution in [0.3, 0.4) is 0 Å². The monoisotopic (exact) mass is 386 g/mol. The lowest BCUT2D eigenvalue weighted by atomic mass is 9.97. The number of hydrogen-bond donors (Lipinski definition) is 0. The highest BCUT2D eigenvalue weighted by Gasteiger charge is 2.43. The van der Waals surface area contributed by atoms with Crippen LogP contribution in [0.1, 0.15) is 17.5 Å². The molecule has 2 aromatic rings. The van der Waals surface area contributed by atoms with Gasteiger partial charge in [0.2, 0.25) is 0 Å². The van der Waals surface area contributed by atoms with Crippen molar-refractivity contribution in [2.24, 2.45) is 0 Å². The Kier molecular flexibility index (Phi) is 4.90. The van der Waals surface area contributed by atoms with Crippen LogP contribution in [0.25, 0.3) is 0 Å². The maximum atomic E-state index is 4.60. The van der Waals surface area contributed by atoms with Gasteiger partial charge in [0.1, 0.15) is 0 Å². The van der Waals surface area contributed by atoms with Gasteiger partial charge in [0.15, 0.2) is 6.29 Å². The number of rotatable bonds is 4. The molecule has 0 N–H and O–H groups in total. The molecule has 0 aromatic heterocycles. The molecule has 5 rings (SSSR count). The molecule has 3 aliphatic rings. The number of likely N-dealkylation sites (N-methyl/N-ethyl adjacent to an activating group) is 1. The van der Waals surface area contributed by atoms with Gasteiger partial charge in [-0.25, -0.2) is 0 Å². The van der Waals surface area contributed by atoms with E-state index in [1.165, 1.54) is 28.1 Å². The predicted octanol–water partition coefficient (Wildman–Crippen LogP) is 3.71. The third kappa shape index (κ3) is 3.47. The fourth-order valence-corrected chi connectivity index (χ4v) is 5.04. The minimum Gasteiger partial charge on any atom is -0.341 e. The Morgan fingerprint density at radius 1 is 0.862 bits per heavy atom. The molecule has 1 unspecified atom stereocenters. The van der Waals surface area contributed by atoms with Gasteiger partial charge in [0.05, 0.1) is 0 Å². The summed E-state index contributed by atoms with van der Waals surface area (Å²) in [5.41, 5.74) is 6.90. The molecule has 1 saturated heterocycles. The number of benzene rings is 2. The highest BCUT2D eigenvalue weighted by Crippen LogP contribution is 2.39. The van der Waals surface area contributed by atoms with E-state index < -0.39 is 0 Å². The van der Waals surface area contributed by atoms with E-state index in [1.54, 1.807) is 0 Å². The van der Waals surface area contributed by atoms with Gasteiger partial charge >= 0.3 is 0 Å². The summed E-state index contributed by atoms with van der Waals surface area (Å²) < 4.78 is 0. The number of fused-ring (bicyclic) bond motifs is 2. The van der Waals surface area contributed by atoms with Gasteiger partial charge in [-0.1, -0.05) is 67.2 Å². The summed E-state index contributed by atoms with van der Waals surface area (Å²) in [6, 6.07) is 21.6. The minimum absolute atomic E-state index is 0.294. The van der Waals surface area contributed by atoms with Crippen molar-refractivity contribution in [3.63, 3.8) is 0 Å². The van der Waals surface area contributed by atoms with E-state index >= 15 is 0 Å². The first kappa shape index (κ1) is 18.5. The molecule has 0 radical (unpaired) electrons. The van der Waals surface area contributed by atoms with Gasteiger partial charge in [-0.15, -0.1) is 0 Å². The minimum atomic E-state index is 0.294. The summed E-state index contributed by atoms with van der Waals surface area (Å²) in [5, 5.41) is 0. The first-order valence-electron chi connectivity index (χ1n) is 10.7. The van der Waals surface area contributed by atoms with Gasteiger partial charge in [0.25, 0.3) is 0 Å². The zero-order valence-corrected chi connectivity index (χ0v) is 17.3. The molecule has 1 fully saturated rings. The molecule has 4 heteroatoms. The van der Waals surface area contributed by atoms with Crippen molar-refractivity contribution >= 4 is 0 Å². The summed E-state index contributed by atoms with van der Waals surface area (Å²) in [5.74, 6) is 0. The van der Waals surface area contributed by atoms with E-state index in [9.17, 15) is 0 Å². The molecule has 0 aliphatic carbocycles. The van der Waals surface area contributed by atoms with E-state index in [0.29, 0.717) is 6.29 Å². The topological polar surface area (TPSA) is 13.0 Å². The molecule has 0 amide bonds. The zero-order valence-electron chi connectivity index (χ0n) is 17.3. The van der Waals surface area contributed by atoms with E-state index in [1.807, 2.05) is 0 Å². The summed E-state index contributed by atoms with van der Waals surface area (Å²) in [6.45, 7) is 10.8. The van der Waals surface area contributed by atoms with Gasteiger partial charge in [-0.05, 0) is 18.2 Å². The lowest BCUT2D eigenvalue weighted by Gasteiger charge is -2.50. The fourth-order valence-electron chi connectivity index (χ4n) is 5.04. The molecule has 29 heavy (non-hydrogen) atoms. The third-order valence-corrected chi connectivity index (χ3v) is 6.53. The second-order valence-electron chi connectivity index (χ2n) is 8.45. The van der Waals surface area contributed by atoms with Crippen LogP contribution >= 0.6 is 0 Å². The van der Waals surface area contributed by atoms with Crippen molar-refractivity contribution in [2.75, 3.05) is 33.2 Å². The maximum absolute atomic E-state index is 4.60. The molecule has 4 nitrogen and oxygen atoms in total. The molecule has 0 spiro atoms. The first-order chi connectivity index (χ1) is 14.2. The average molecular weight is 387 g/mol. The van der Waals surface area contributed by atoms with Crippen LogP contribution in [0, 0.1) is 0 Å². The smallest absolute Gasteiger partial charge is 0.160 e. The Morgan fingerprint density at radius 2 is 1.52 bits per heavy atom. The average Bonchev–Trinajstić information content (AvgIpc) is 3.14. The molecule has 3 aliphatic heterocycles. The van der Waals surface area contributed by atoms with E-state index in [0.717, 1.165) is 45.7 Å². The Labute approximate surface area is 174 Å². The molecule has 3 heterocycles. The predicted molar refractivity (Wildman–Crippen MR) is 118 cm³/mol. The Morgan fingerprint density at radius 3 is 2.21 bits per heavy atom. The van der Waals surface area contributed by atoms with Gasteiger partial charge in [-0.3, -0.25) is 9.80 Å². The molecular weight excluding hydrogens is 356 g/mol. The van der Waals surface area contributed by atoms with Crippen molar-refractivity contribution < 1.29 is 0 Å². The SMILES string of the molecule is C=C1C2=C(CCN(Cc3ccccc3)C2)N2CCN(C)C2N1Cc1ccccc1. The molecule has 150 valence electrons. The van der Waals surface area contributed by atoms with Crippen molar-refractivity contribution in [3.8, 4) is 0 Å². The maximum Gasteiger partial charge on any atom is 0.160 e. The Bertz CT molecular complexity index is 905. The van der Waals surface area contributed by atoms with Crippen LogP contribution in [0.5, 0.6) is 0 Å². The Hall–Kier alpha value is -2.56. The molecule has 0 saturated carbocycles. The van der Waals surface area contributed by atoms with Crippen molar-refractivity contribution in [1.29, 1.82) is 0 Å². The van der Waals surface area contributed by atoms with Crippen molar-refractivity contribution in [3.05, 3.63) is 95.3 Å². The standard InChI is InChI=1S/C25H30N4/c1-20-23-19-27(17-21-9-5-3-6-10-21)14-13-24(23)28-16-15-26(2)25(28)29(20)18-22-11-7-4-8-12-22/h3-12,25H,1,13-19H2,2H3. The van der Waals surface area contributed by atoms with Gasteiger partial charge < -0.3 is 9.80 Å². The van der Waals surface area contributed by atoms with Crippen molar-refractivity contribution in [2.45, 2.75) is 25.8 Å². The number of nitrogens with zero attached hydrogens (tertiary/aromatic N) is 4. The van der Waals surface area contributed by atoms with E-state index in [4.69, 9.17) is 0 Å². The molecule has 0 bridgehead atoms. The van der Waals surface area contributed by atoms with Crippen LogP contribution < -0.4 is 0 Å². The van der Waals surface area contributed by atoms with Crippen LogP contribution in [-0.4, -0.2) is 59.1 Å². The Balaban J connectivity index is 1.42. The van der Waals surface area contributed by atoms with Gasteiger partial charge in [0, 0.05) is 62.7 Å². The second-order valence-corrected chi connectivity index (χ2v) is 8.45. The lowest BCUT2D eigenvalue weighted by molar-refractivity contribution is 0.0159. The first-order valence-corrected chi connectivity index (χ1v) is 10.7. The van der Waals surface area contributed by atoms with Crippen LogP contribution in [0.15, 0.2) is 84.2 Å². The number of hydrogen-bond acceptors (Lipinski definition) is 4. The summed E-state index contributed by atoms with van der Waals surface area (Å²) in [4.78, 5) is 10.2. The highest BCUT2D eigenvalue weighted by atomic mass is 15.6. The summed E-state index contributed by atoms with van der Waals surface area (Å²) >= 11 is 0. The zero-order chi connectivity index (χ0) is 19.8. The van der Waals surface area contributed by atoms with E-state index in [-0.39, 0.29) is 0 Å². The fraction of sp³-hybridized carbons (Fsp3) is 0.360. The normalized spacial score (nSPS) is 22.8. The second kappa shape index (κ2) is 7.69. The lowest BCUT2D eigenvalue weighted by Crippen LogP contribution is -2.55. The van der Waals surface area contributed by atoms with Crippen LogP contribution in [0.2, 0.25) is 0 Å². The summed E-state index contributed by atoms with van der Waals surface area (Å²) in [6.07, 6.45) is 1.41. The van der Waals surface area contributed by atoms with Crippen molar-refractivity contribution in [1.82, 2.24) is 19.6 Å². The molecule has 1 atom stereocenters. The van der Waals surface area contributed by atoms with E-state index in [2.05, 4.69) is 93.9 Å². The molecular formula is C25H30N4. The van der Waals surface area contributed by atoms with Gasteiger partial charge in [-0.2, -0.15) is 0 Å². The summed E-state index contributed by atoms with van der Waals surface area (Å²) in [7, 11) is 2.24. The van der Waals surface area contributed by atoms with Crippen LogP contribution in [0.4, 0.5) is 0 Å². The van der Waals surface area contributed by atoms with Crippen LogP contribution in [-0.2, 0) is 13.1 Å². The quantitative estimate of drug-likeness (QED) is 0.794. The molecule has 2 aromatic carbocycles.